The van der Waals surface area contributed by atoms with Crippen LogP contribution in [0, 0.1) is 17.8 Å². The Kier molecular flexibility index (Phi) is 9.07. The molecular weight excluding hydrogens is 574 g/mol. The smallest absolute Gasteiger partial charge is 0.303 e. The van der Waals surface area contributed by atoms with Crippen LogP contribution in [-0.4, -0.2) is 76.1 Å². The van der Waals surface area contributed by atoms with Gasteiger partial charge in [-0.2, -0.15) is 0 Å². The summed E-state index contributed by atoms with van der Waals surface area (Å²) in [5.41, 5.74) is 1.84. The lowest BCUT2D eigenvalue weighted by atomic mass is 9.76. The van der Waals surface area contributed by atoms with E-state index < -0.39 is 5.97 Å². The summed E-state index contributed by atoms with van der Waals surface area (Å²) in [5.74, 6) is 3.20. The van der Waals surface area contributed by atoms with Gasteiger partial charge in [0.05, 0.1) is 25.6 Å². The highest BCUT2D eigenvalue weighted by Gasteiger charge is 2.53. The molecule has 3 aromatic rings. The summed E-state index contributed by atoms with van der Waals surface area (Å²) >= 11 is 0. The van der Waals surface area contributed by atoms with E-state index in [1.165, 1.54) is 0 Å². The van der Waals surface area contributed by atoms with E-state index in [-0.39, 0.29) is 30.6 Å². The van der Waals surface area contributed by atoms with Crippen molar-refractivity contribution in [2.24, 2.45) is 17.8 Å². The number of aliphatic carboxylic acids is 1. The van der Waals surface area contributed by atoms with Gasteiger partial charge in [-0.25, -0.2) is 9.97 Å². The van der Waals surface area contributed by atoms with E-state index in [1.54, 1.807) is 20.5 Å². The second kappa shape index (κ2) is 13.2. The zero-order chi connectivity index (χ0) is 31.7. The Bertz CT molecular complexity index is 1520. The Morgan fingerprint density at radius 1 is 1.16 bits per heavy atom. The first-order valence-corrected chi connectivity index (χ1v) is 16.0. The van der Waals surface area contributed by atoms with E-state index in [4.69, 9.17) is 29.0 Å². The van der Waals surface area contributed by atoms with Crippen molar-refractivity contribution in [3.63, 3.8) is 0 Å². The number of nitrogens with zero attached hydrogens (tertiary/aromatic N) is 4. The van der Waals surface area contributed by atoms with Gasteiger partial charge in [0, 0.05) is 55.8 Å². The van der Waals surface area contributed by atoms with Crippen molar-refractivity contribution in [2.45, 2.75) is 76.8 Å². The van der Waals surface area contributed by atoms with Crippen LogP contribution in [0.3, 0.4) is 0 Å². The second-order valence-corrected chi connectivity index (χ2v) is 13.1. The maximum Gasteiger partial charge on any atom is 0.303 e. The van der Waals surface area contributed by atoms with Gasteiger partial charge in [-0.15, -0.1) is 0 Å². The standard InChI is InChI=1S/C34H45N5O6/c1-20(2)17-38(25-12-22(13-25)6-9-30(40)41)18-24-14-28(32-31(24)44-21(3)45-32)39-11-10-27-33(36-19-37-34(27)39)35-16-23-7-8-26(42-4)15-29(23)43-5/h7-8,10-11,15,19-20,22,24-25,28,31-32H,3,6,9,12-14,16-18H2,1-2,4-5H3,(H,40,41)(H,35,36,37)/t22?,24-,25?,28-,31-,32+/m1/s1. The Hall–Kier alpha value is -3.99. The number of aromatic nitrogens is 3. The van der Waals surface area contributed by atoms with Crippen molar-refractivity contribution in [2.75, 3.05) is 32.6 Å². The van der Waals surface area contributed by atoms with E-state index in [0.717, 1.165) is 72.7 Å². The molecule has 0 spiro atoms. The van der Waals surface area contributed by atoms with Gasteiger partial charge in [0.1, 0.15) is 35.4 Å². The summed E-state index contributed by atoms with van der Waals surface area (Å²) in [6.07, 6.45) is 7.48. The van der Waals surface area contributed by atoms with Crippen molar-refractivity contribution in [3.05, 3.63) is 54.9 Å². The number of anilines is 1. The van der Waals surface area contributed by atoms with Gasteiger partial charge in [0.25, 0.3) is 5.95 Å². The fourth-order valence-electron chi connectivity index (χ4n) is 7.42. The molecule has 0 radical (unpaired) electrons. The maximum absolute atomic E-state index is 11.1. The van der Waals surface area contributed by atoms with Crippen LogP contribution in [0.5, 0.6) is 11.5 Å². The van der Waals surface area contributed by atoms with Gasteiger partial charge in [0.2, 0.25) is 0 Å². The average molecular weight is 620 g/mol. The minimum atomic E-state index is -0.706. The lowest BCUT2D eigenvalue weighted by molar-refractivity contribution is -0.137. The fourth-order valence-corrected chi connectivity index (χ4v) is 7.42. The molecule has 0 unspecified atom stereocenters. The molecule has 2 N–H and O–H groups in total. The van der Waals surface area contributed by atoms with E-state index in [0.29, 0.717) is 30.4 Å². The molecule has 11 nitrogen and oxygen atoms in total. The van der Waals surface area contributed by atoms with E-state index in [1.807, 2.05) is 18.2 Å². The van der Waals surface area contributed by atoms with E-state index in [2.05, 4.69) is 52.5 Å². The molecule has 1 aliphatic heterocycles. The lowest BCUT2D eigenvalue weighted by Crippen LogP contribution is -2.49. The summed E-state index contributed by atoms with van der Waals surface area (Å²) in [7, 11) is 3.29. The molecule has 1 aromatic carbocycles. The summed E-state index contributed by atoms with van der Waals surface area (Å²) < 4.78 is 25.6. The monoisotopic (exact) mass is 619 g/mol. The molecule has 3 aliphatic rings. The third-order valence-corrected chi connectivity index (χ3v) is 9.62. The predicted molar refractivity (Wildman–Crippen MR) is 170 cm³/mol. The molecule has 242 valence electrons. The first kappa shape index (κ1) is 31.0. The summed E-state index contributed by atoms with van der Waals surface area (Å²) in [6, 6.07) is 8.35. The zero-order valence-electron chi connectivity index (χ0n) is 26.6. The van der Waals surface area contributed by atoms with Crippen LogP contribution in [0.4, 0.5) is 5.82 Å². The maximum atomic E-state index is 11.1. The summed E-state index contributed by atoms with van der Waals surface area (Å²) in [6.45, 7) is 11.0. The predicted octanol–water partition coefficient (Wildman–Crippen LogP) is 5.48. The van der Waals surface area contributed by atoms with Crippen molar-refractivity contribution >= 4 is 22.8 Å². The minimum absolute atomic E-state index is 0.0341. The highest BCUT2D eigenvalue weighted by atomic mass is 16.7. The number of hydrogen-bond acceptors (Lipinski definition) is 9. The molecule has 6 rings (SSSR count). The Morgan fingerprint density at radius 2 is 1.96 bits per heavy atom. The second-order valence-electron chi connectivity index (χ2n) is 13.1. The van der Waals surface area contributed by atoms with E-state index >= 15 is 0 Å². The number of ether oxygens (including phenoxy) is 4. The fraction of sp³-hybridized carbons (Fsp3) is 0.559. The van der Waals surface area contributed by atoms with Gasteiger partial charge >= 0.3 is 5.97 Å². The molecular formula is C34H45N5O6. The van der Waals surface area contributed by atoms with Crippen molar-refractivity contribution in [1.82, 2.24) is 19.4 Å². The van der Waals surface area contributed by atoms with Crippen LogP contribution in [0.1, 0.15) is 57.6 Å². The van der Waals surface area contributed by atoms with Crippen molar-refractivity contribution in [3.8, 4) is 11.5 Å². The number of methoxy groups -OCH3 is 2. The number of fused-ring (bicyclic) bond motifs is 2. The number of benzene rings is 1. The van der Waals surface area contributed by atoms with Crippen LogP contribution < -0.4 is 14.8 Å². The summed E-state index contributed by atoms with van der Waals surface area (Å²) in [5, 5.41) is 13.5. The SMILES string of the molecule is C=C1O[C@@H]2[C@@H](CN(CC(C)C)C3CC(CCC(=O)O)C3)C[C@@H](n3ccc4c(NCc5ccc(OC)cc5OC)ncnc43)[C@@H]2O1. The molecule has 3 heterocycles. The van der Waals surface area contributed by atoms with Gasteiger partial charge in [-0.3, -0.25) is 9.69 Å². The Labute approximate surface area is 264 Å². The molecule has 3 fully saturated rings. The van der Waals surface area contributed by atoms with Gasteiger partial charge in [-0.1, -0.05) is 13.8 Å². The largest absolute Gasteiger partial charge is 0.497 e. The van der Waals surface area contributed by atoms with Crippen LogP contribution in [0.25, 0.3) is 11.0 Å². The third-order valence-electron chi connectivity index (χ3n) is 9.62. The van der Waals surface area contributed by atoms with Crippen molar-refractivity contribution < 1.29 is 28.8 Å². The highest BCUT2D eigenvalue weighted by Crippen LogP contribution is 2.47. The minimum Gasteiger partial charge on any atom is -0.497 e. The van der Waals surface area contributed by atoms with Gasteiger partial charge in [0.15, 0.2) is 6.10 Å². The topological polar surface area (TPSA) is 120 Å². The number of nitrogens with one attached hydrogen (secondary N) is 1. The normalized spacial score (nSPS) is 25.6. The molecule has 0 amide bonds. The Balaban J connectivity index is 1.18. The molecule has 11 heteroatoms. The van der Waals surface area contributed by atoms with Gasteiger partial charge in [-0.05, 0) is 62.3 Å². The van der Waals surface area contributed by atoms with Crippen molar-refractivity contribution in [1.29, 1.82) is 0 Å². The Morgan fingerprint density at radius 3 is 2.69 bits per heavy atom. The molecule has 2 aromatic heterocycles. The highest BCUT2D eigenvalue weighted by molar-refractivity contribution is 5.87. The number of carboxylic acids is 1. The molecule has 1 saturated heterocycles. The number of rotatable bonds is 14. The zero-order valence-corrected chi connectivity index (χ0v) is 26.6. The third kappa shape index (κ3) is 6.54. The summed E-state index contributed by atoms with van der Waals surface area (Å²) in [4.78, 5) is 22.9. The number of carboxylic acid groups (broad SMARTS) is 1. The van der Waals surface area contributed by atoms with Crippen LogP contribution >= 0.6 is 0 Å². The van der Waals surface area contributed by atoms with E-state index in [9.17, 15) is 4.79 Å². The first-order valence-electron chi connectivity index (χ1n) is 16.0. The molecule has 0 bridgehead atoms. The quantitative estimate of drug-likeness (QED) is 0.240. The molecule has 2 aliphatic carbocycles. The molecule has 2 saturated carbocycles. The van der Waals surface area contributed by atoms with Crippen LogP contribution in [-0.2, 0) is 20.8 Å². The van der Waals surface area contributed by atoms with Gasteiger partial charge < -0.3 is 33.9 Å². The number of hydrogen-bond donors (Lipinski definition) is 2. The molecule has 4 atom stereocenters. The lowest BCUT2D eigenvalue weighted by Gasteiger charge is -2.45. The number of carbonyl (C=O) groups is 1. The first-order chi connectivity index (χ1) is 21.7. The van der Waals surface area contributed by atoms with Crippen LogP contribution in [0.15, 0.2) is 49.3 Å². The molecule has 45 heavy (non-hydrogen) atoms. The van der Waals surface area contributed by atoms with Crippen LogP contribution in [0.2, 0.25) is 0 Å². The average Bonchev–Trinajstić information content (AvgIpc) is 3.68.